The molecule has 1 N–H and O–H groups in total. The molecule has 26 heavy (non-hydrogen) atoms. The number of benzene rings is 1. The topological polar surface area (TPSA) is 90.5 Å². The zero-order chi connectivity index (χ0) is 17.9. The number of nitrogens with one attached hydrogen (secondary N) is 1. The van der Waals surface area contributed by atoms with Gasteiger partial charge in [-0.1, -0.05) is 30.3 Å². The van der Waals surface area contributed by atoms with Crippen LogP contribution in [-0.2, 0) is 16.1 Å². The highest BCUT2D eigenvalue weighted by atomic mass is 16.5. The number of aromatic nitrogens is 4. The highest BCUT2D eigenvalue weighted by molar-refractivity contribution is 5.75. The molecule has 1 fully saturated rings. The van der Waals surface area contributed by atoms with Gasteiger partial charge in [-0.25, -0.2) is 9.20 Å². The van der Waals surface area contributed by atoms with Crippen LogP contribution in [0.25, 0.3) is 16.8 Å². The van der Waals surface area contributed by atoms with E-state index in [0.29, 0.717) is 17.8 Å². The van der Waals surface area contributed by atoms with Gasteiger partial charge in [0.2, 0.25) is 5.91 Å². The number of fused-ring (bicyclic) bond motifs is 1. The van der Waals surface area contributed by atoms with Gasteiger partial charge in [0, 0.05) is 18.7 Å². The van der Waals surface area contributed by atoms with E-state index in [1.54, 1.807) is 6.07 Å². The Bertz CT molecular complexity index is 973. The maximum Gasteiger partial charge on any atom is 0.293 e. The number of hydrogen-bond donors (Lipinski definition) is 1. The van der Waals surface area contributed by atoms with Gasteiger partial charge in [-0.2, -0.15) is 10.2 Å². The molecule has 0 unspecified atom stereocenters. The van der Waals surface area contributed by atoms with Crippen molar-refractivity contribution < 1.29 is 9.53 Å². The van der Waals surface area contributed by atoms with E-state index in [1.165, 1.54) is 10.8 Å². The van der Waals surface area contributed by atoms with E-state index < -0.39 is 0 Å². The molecule has 1 amide bonds. The standard InChI is InChI=1S/C18H19N5O3/c24-17(19-10-14-7-4-8-26-14)11-22-18(25)16-9-15(21-23(16)12-20-22)13-5-2-1-3-6-13/h1-3,5-6,9,12,14H,4,7-8,10-11H2,(H,19,24)/t14-/m0/s1. The van der Waals surface area contributed by atoms with Gasteiger partial charge < -0.3 is 10.1 Å². The molecule has 1 aliphatic heterocycles. The summed E-state index contributed by atoms with van der Waals surface area (Å²) in [5, 5.41) is 11.2. The number of ether oxygens (including phenoxy) is 1. The maximum atomic E-state index is 12.6. The fourth-order valence-electron chi connectivity index (χ4n) is 3.03. The smallest absolute Gasteiger partial charge is 0.293 e. The molecule has 1 saturated heterocycles. The lowest BCUT2D eigenvalue weighted by atomic mass is 10.1. The number of hydrogen-bond acceptors (Lipinski definition) is 5. The van der Waals surface area contributed by atoms with Crippen molar-refractivity contribution in [3.05, 3.63) is 53.1 Å². The van der Waals surface area contributed by atoms with Crippen LogP contribution < -0.4 is 10.9 Å². The number of nitrogens with zero attached hydrogens (tertiary/aromatic N) is 4. The summed E-state index contributed by atoms with van der Waals surface area (Å²) in [4.78, 5) is 24.7. The number of carbonyl (C=O) groups is 1. The Morgan fingerprint density at radius 1 is 1.31 bits per heavy atom. The molecule has 0 bridgehead atoms. The van der Waals surface area contributed by atoms with E-state index in [1.807, 2.05) is 30.3 Å². The highest BCUT2D eigenvalue weighted by Gasteiger charge is 2.17. The van der Waals surface area contributed by atoms with Gasteiger partial charge in [0.25, 0.3) is 5.56 Å². The zero-order valence-electron chi connectivity index (χ0n) is 14.2. The van der Waals surface area contributed by atoms with Crippen molar-refractivity contribution in [2.24, 2.45) is 0 Å². The summed E-state index contributed by atoms with van der Waals surface area (Å²) >= 11 is 0. The highest BCUT2D eigenvalue weighted by Crippen LogP contribution is 2.17. The largest absolute Gasteiger partial charge is 0.376 e. The molecule has 3 heterocycles. The molecule has 1 atom stereocenters. The molecule has 134 valence electrons. The second kappa shape index (κ2) is 7.09. The third-order valence-electron chi connectivity index (χ3n) is 4.40. The lowest BCUT2D eigenvalue weighted by Gasteiger charge is -2.11. The van der Waals surface area contributed by atoms with Crippen LogP contribution in [-0.4, -0.2) is 44.6 Å². The number of rotatable bonds is 5. The summed E-state index contributed by atoms with van der Waals surface area (Å²) in [6, 6.07) is 11.3. The first-order valence-electron chi connectivity index (χ1n) is 8.60. The SMILES string of the molecule is O=C(Cn1ncn2nc(-c3ccccc3)cc2c1=O)NC[C@@H]1CCCO1. The van der Waals surface area contributed by atoms with Crippen LogP contribution in [0, 0.1) is 0 Å². The van der Waals surface area contributed by atoms with E-state index in [-0.39, 0.29) is 24.1 Å². The van der Waals surface area contributed by atoms with E-state index in [2.05, 4.69) is 15.5 Å². The van der Waals surface area contributed by atoms with Crippen molar-refractivity contribution in [2.75, 3.05) is 13.2 Å². The van der Waals surface area contributed by atoms with E-state index >= 15 is 0 Å². The molecule has 2 aromatic heterocycles. The molecule has 3 aromatic rings. The Hall–Kier alpha value is -3.00. The third kappa shape index (κ3) is 3.36. The molecule has 0 saturated carbocycles. The van der Waals surface area contributed by atoms with Crippen molar-refractivity contribution >= 4 is 11.4 Å². The van der Waals surface area contributed by atoms with Crippen LogP contribution in [0.15, 0.2) is 47.5 Å². The van der Waals surface area contributed by atoms with Gasteiger partial charge in [-0.3, -0.25) is 9.59 Å². The van der Waals surface area contributed by atoms with Crippen LogP contribution >= 0.6 is 0 Å². The Morgan fingerprint density at radius 3 is 2.92 bits per heavy atom. The lowest BCUT2D eigenvalue weighted by Crippen LogP contribution is -2.37. The van der Waals surface area contributed by atoms with Crippen molar-refractivity contribution in [3.63, 3.8) is 0 Å². The van der Waals surface area contributed by atoms with Crippen molar-refractivity contribution in [2.45, 2.75) is 25.5 Å². The summed E-state index contributed by atoms with van der Waals surface area (Å²) in [6.45, 7) is 1.07. The molecular formula is C18H19N5O3. The molecular weight excluding hydrogens is 334 g/mol. The number of amides is 1. The Labute approximate surface area is 149 Å². The van der Waals surface area contributed by atoms with Crippen LogP contribution in [0.4, 0.5) is 0 Å². The second-order valence-corrected chi connectivity index (χ2v) is 6.26. The third-order valence-corrected chi connectivity index (χ3v) is 4.40. The maximum absolute atomic E-state index is 12.6. The Morgan fingerprint density at radius 2 is 2.15 bits per heavy atom. The number of carbonyl (C=O) groups excluding carboxylic acids is 1. The first-order chi connectivity index (χ1) is 12.7. The van der Waals surface area contributed by atoms with Gasteiger partial charge in [0.1, 0.15) is 18.4 Å². The summed E-state index contributed by atoms with van der Waals surface area (Å²) in [5.74, 6) is -0.262. The Balaban J connectivity index is 1.52. The van der Waals surface area contributed by atoms with Crippen molar-refractivity contribution in [1.82, 2.24) is 24.7 Å². The minimum atomic E-state index is -0.352. The summed E-state index contributed by atoms with van der Waals surface area (Å²) in [5.41, 5.74) is 1.63. The fraction of sp³-hybridized carbons (Fsp3) is 0.333. The fourth-order valence-corrected chi connectivity index (χ4v) is 3.03. The van der Waals surface area contributed by atoms with Crippen LogP contribution in [0.5, 0.6) is 0 Å². The molecule has 1 aliphatic rings. The zero-order valence-corrected chi connectivity index (χ0v) is 14.2. The average Bonchev–Trinajstić information content (AvgIpc) is 3.33. The second-order valence-electron chi connectivity index (χ2n) is 6.26. The quantitative estimate of drug-likeness (QED) is 0.734. The molecule has 0 radical (unpaired) electrons. The molecule has 1 aromatic carbocycles. The first-order valence-corrected chi connectivity index (χ1v) is 8.60. The first kappa shape index (κ1) is 16.5. The summed E-state index contributed by atoms with van der Waals surface area (Å²) in [6.07, 6.45) is 3.47. The monoisotopic (exact) mass is 353 g/mol. The summed E-state index contributed by atoms with van der Waals surface area (Å²) in [7, 11) is 0. The molecule has 4 rings (SSSR count). The predicted octanol–water partition coefficient (Wildman–Crippen LogP) is 0.853. The average molecular weight is 353 g/mol. The molecule has 8 nitrogen and oxygen atoms in total. The normalized spacial score (nSPS) is 16.8. The molecule has 0 aliphatic carbocycles. The van der Waals surface area contributed by atoms with Crippen LogP contribution in [0.2, 0.25) is 0 Å². The van der Waals surface area contributed by atoms with Gasteiger partial charge in [-0.05, 0) is 18.9 Å². The Kier molecular flexibility index (Phi) is 4.49. The van der Waals surface area contributed by atoms with Crippen molar-refractivity contribution in [1.29, 1.82) is 0 Å². The van der Waals surface area contributed by atoms with E-state index in [4.69, 9.17) is 4.74 Å². The predicted molar refractivity (Wildman–Crippen MR) is 94.7 cm³/mol. The van der Waals surface area contributed by atoms with Crippen molar-refractivity contribution in [3.8, 4) is 11.3 Å². The van der Waals surface area contributed by atoms with Gasteiger partial charge in [0.15, 0.2) is 0 Å². The van der Waals surface area contributed by atoms with E-state index in [9.17, 15) is 9.59 Å². The summed E-state index contributed by atoms with van der Waals surface area (Å²) < 4.78 is 8.05. The van der Waals surface area contributed by atoms with Gasteiger partial charge in [-0.15, -0.1) is 0 Å². The van der Waals surface area contributed by atoms with Gasteiger partial charge in [0.05, 0.1) is 11.8 Å². The van der Waals surface area contributed by atoms with E-state index in [0.717, 1.165) is 29.7 Å². The molecule has 8 heteroatoms. The van der Waals surface area contributed by atoms with Crippen LogP contribution in [0.1, 0.15) is 12.8 Å². The lowest BCUT2D eigenvalue weighted by molar-refractivity contribution is -0.122. The molecule has 0 spiro atoms. The van der Waals surface area contributed by atoms with Crippen LogP contribution in [0.3, 0.4) is 0 Å². The minimum absolute atomic E-state index is 0.0642. The minimum Gasteiger partial charge on any atom is -0.376 e. The van der Waals surface area contributed by atoms with Gasteiger partial charge >= 0.3 is 0 Å².